The molecule has 1 aromatic heterocycles. The molecule has 0 fully saturated rings. The molecular formula is C16H17NO3S. The number of carboxylic acid groups (broad SMARTS) is 1. The first-order chi connectivity index (χ1) is 9.86. The van der Waals surface area contributed by atoms with E-state index in [0.717, 1.165) is 22.5 Å². The Morgan fingerprint density at radius 1 is 1.10 bits per heavy atom. The quantitative estimate of drug-likeness (QED) is 0.907. The zero-order chi connectivity index (χ0) is 15.6. The molecule has 2 N–H and O–H groups in total. The van der Waals surface area contributed by atoms with Crippen LogP contribution in [0, 0.1) is 20.8 Å². The molecule has 0 aliphatic carbocycles. The van der Waals surface area contributed by atoms with Gasteiger partial charge in [0, 0.05) is 0 Å². The number of carbonyl (C=O) groups excluding carboxylic acids is 1. The summed E-state index contributed by atoms with van der Waals surface area (Å²) in [5.74, 6) is -1.11. The first-order valence-corrected chi connectivity index (χ1v) is 7.38. The van der Waals surface area contributed by atoms with E-state index in [0.29, 0.717) is 10.6 Å². The fourth-order valence-electron chi connectivity index (χ4n) is 2.04. The van der Waals surface area contributed by atoms with E-state index in [-0.39, 0.29) is 17.2 Å². The van der Waals surface area contributed by atoms with Crippen LogP contribution in [0.3, 0.4) is 0 Å². The Morgan fingerprint density at radius 3 is 2.38 bits per heavy atom. The zero-order valence-corrected chi connectivity index (χ0v) is 13.0. The van der Waals surface area contributed by atoms with Crippen molar-refractivity contribution in [3.8, 4) is 0 Å². The van der Waals surface area contributed by atoms with Crippen molar-refractivity contribution in [2.45, 2.75) is 27.2 Å². The van der Waals surface area contributed by atoms with Crippen molar-refractivity contribution in [1.82, 2.24) is 0 Å². The normalized spacial score (nSPS) is 10.4. The summed E-state index contributed by atoms with van der Waals surface area (Å²) >= 11 is 1.08. The average molecular weight is 303 g/mol. The van der Waals surface area contributed by atoms with Crippen LogP contribution in [-0.4, -0.2) is 17.0 Å². The molecule has 2 rings (SSSR count). The van der Waals surface area contributed by atoms with E-state index in [4.69, 9.17) is 5.11 Å². The second-order valence-electron chi connectivity index (χ2n) is 5.07. The highest BCUT2D eigenvalue weighted by atomic mass is 32.1. The Kier molecular flexibility index (Phi) is 4.43. The van der Waals surface area contributed by atoms with Gasteiger partial charge in [-0.1, -0.05) is 18.2 Å². The van der Waals surface area contributed by atoms with Gasteiger partial charge in [0.25, 0.3) is 0 Å². The minimum atomic E-state index is -0.966. The van der Waals surface area contributed by atoms with E-state index in [1.807, 2.05) is 32.0 Å². The molecule has 1 heterocycles. The van der Waals surface area contributed by atoms with Gasteiger partial charge < -0.3 is 10.4 Å². The third-order valence-electron chi connectivity index (χ3n) is 3.31. The van der Waals surface area contributed by atoms with Gasteiger partial charge >= 0.3 is 5.97 Å². The number of hydrogen-bond acceptors (Lipinski definition) is 3. The maximum absolute atomic E-state index is 12.0. The molecular weight excluding hydrogens is 286 g/mol. The monoisotopic (exact) mass is 303 g/mol. The molecule has 0 aliphatic heterocycles. The molecule has 0 aliphatic rings. The molecule has 110 valence electrons. The fraction of sp³-hybridized carbons (Fsp3) is 0.250. The summed E-state index contributed by atoms with van der Waals surface area (Å²) in [5.41, 5.74) is 3.95. The van der Waals surface area contributed by atoms with Crippen molar-refractivity contribution < 1.29 is 14.7 Å². The van der Waals surface area contributed by atoms with Crippen LogP contribution in [-0.2, 0) is 11.2 Å². The van der Waals surface area contributed by atoms with Gasteiger partial charge in [0.1, 0.15) is 4.88 Å². The van der Waals surface area contributed by atoms with Gasteiger partial charge in [0.15, 0.2) is 0 Å². The van der Waals surface area contributed by atoms with Crippen molar-refractivity contribution in [2.24, 2.45) is 0 Å². The van der Waals surface area contributed by atoms with Crippen LogP contribution >= 0.6 is 11.3 Å². The van der Waals surface area contributed by atoms with E-state index in [1.165, 1.54) is 5.56 Å². The van der Waals surface area contributed by atoms with Gasteiger partial charge in [0.05, 0.1) is 11.4 Å². The van der Waals surface area contributed by atoms with Gasteiger partial charge in [-0.2, -0.15) is 0 Å². The Bertz CT molecular complexity index is 704. The summed E-state index contributed by atoms with van der Waals surface area (Å²) in [5, 5.41) is 12.3. The van der Waals surface area contributed by atoms with Crippen molar-refractivity contribution in [2.75, 3.05) is 5.32 Å². The maximum atomic E-state index is 12.0. The zero-order valence-electron chi connectivity index (χ0n) is 12.2. The number of nitrogens with one attached hydrogen (secondary N) is 1. The molecule has 0 unspecified atom stereocenters. The Labute approximate surface area is 127 Å². The van der Waals surface area contributed by atoms with Crippen LogP contribution in [0.1, 0.15) is 31.9 Å². The summed E-state index contributed by atoms with van der Waals surface area (Å²) in [4.78, 5) is 23.3. The van der Waals surface area contributed by atoms with E-state index in [1.54, 1.807) is 13.0 Å². The summed E-state index contributed by atoms with van der Waals surface area (Å²) in [7, 11) is 0. The molecule has 2 aromatic rings. The number of carboxylic acids is 1. The van der Waals surface area contributed by atoms with E-state index in [9.17, 15) is 9.59 Å². The number of aryl methyl sites for hydroxylation is 3. The summed E-state index contributed by atoms with van der Waals surface area (Å²) in [6, 6.07) is 7.61. The average Bonchev–Trinajstić information content (AvgIpc) is 2.75. The topological polar surface area (TPSA) is 66.4 Å². The molecule has 0 radical (unpaired) electrons. The van der Waals surface area contributed by atoms with Crippen LogP contribution in [0.15, 0.2) is 24.3 Å². The third kappa shape index (κ3) is 3.70. The first-order valence-electron chi connectivity index (χ1n) is 6.56. The van der Waals surface area contributed by atoms with Crippen molar-refractivity contribution >= 4 is 28.2 Å². The Morgan fingerprint density at radius 2 is 1.81 bits per heavy atom. The molecule has 0 saturated carbocycles. The highest BCUT2D eigenvalue weighted by Gasteiger charge is 2.14. The number of rotatable bonds is 4. The third-order valence-corrected chi connectivity index (χ3v) is 4.45. The molecule has 1 aromatic carbocycles. The number of carbonyl (C=O) groups is 2. The molecule has 0 bridgehead atoms. The Balaban J connectivity index is 2.06. The molecule has 0 spiro atoms. The van der Waals surface area contributed by atoms with E-state index < -0.39 is 5.97 Å². The van der Waals surface area contributed by atoms with Crippen LogP contribution in [0.5, 0.6) is 0 Å². The number of amides is 1. The van der Waals surface area contributed by atoms with E-state index >= 15 is 0 Å². The number of anilines is 1. The van der Waals surface area contributed by atoms with Gasteiger partial charge in [-0.25, -0.2) is 4.79 Å². The molecule has 0 atom stereocenters. The second-order valence-corrected chi connectivity index (χ2v) is 6.12. The summed E-state index contributed by atoms with van der Waals surface area (Å²) in [6.07, 6.45) is 0.278. The standard InChI is InChI=1S/C16H17NO3S/c1-9-4-5-12(6-10(9)2)8-13(18)17-14-7-11(3)15(21-14)16(19)20/h4-7H,8H2,1-3H3,(H,17,18)(H,19,20). The summed E-state index contributed by atoms with van der Waals surface area (Å²) < 4.78 is 0. The molecule has 4 nitrogen and oxygen atoms in total. The van der Waals surface area contributed by atoms with Crippen molar-refractivity contribution in [3.63, 3.8) is 0 Å². The maximum Gasteiger partial charge on any atom is 0.346 e. The lowest BCUT2D eigenvalue weighted by molar-refractivity contribution is -0.115. The largest absolute Gasteiger partial charge is 0.477 e. The van der Waals surface area contributed by atoms with Crippen LogP contribution < -0.4 is 5.32 Å². The number of aromatic carboxylic acids is 1. The van der Waals surface area contributed by atoms with Gasteiger partial charge in [0.2, 0.25) is 5.91 Å². The lowest BCUT2D eigenvalue weighted by atomic mass is 10.0. The minimum Gasteiger partial charge on any atom is -0.477 e. The van der Waals surface area contributed by atoms with Crippen molar-refractivity contribution in [1.29, 1.82) is 0 Å². The smallest absolute Gasteiger partial charge is 0.346 e. The first kappa shape index (κ1) is 15.3. The molecule has 1 amide bonds. The SMILES string of the molecule is Cc1ccc(CC(=O)Nc2cc(C)c(C(=O)O)s2)cc1C. The van der Waals surface area contributed by atoms with Crippen molar-refractivity contribution in [3.05, 3.63) is 51.4 Å². The summed E-state index contributed by atoms with van der Waals surface area (Å²) in [6.45, 7) is 5.76. The highest BCUT2D eigenvalue weighted by Crippen LogP contribution is 2.26. The van der Waals surface area contributed by atoms with Crippen LogP contribution in [0.2, 0.25) is 0 Å². The van der Waals surface area contributed by atoms with E-state index in [2.05, 4.69) is 5.32 Å². The molecule has 5 heteroatoms. The minimum absolute atomic E-state index is 0.142. The van der Waals surface area contributed by atoms with Gasteiger partial charge in [-0.3, -0.25) is 4.79 Å². The molecule has 0 saturated heterocycles. The van der Waals surface area contributed by atoms with Gasteiger partial charge in [-0.15, -0.1) is 11.3 Å². The predicted molar refractivity (Wildman–Crippen MR) is 84.3 cm³/mol. The number of benzene rings is 1. The van der Waals surface area contributed by atoms with Crippen LogP contribution in [0.4, 0.5) is 5.00 Å². The van der Waals surface area contributed by atoms with Gasteiger partial charge in [-0.05, 0) is 49.1 Å². The number of hydrogen-bond donors (Lipinski definition) is 2. The highest BCUT2D eigenvalue weighted by molar-refractivity contribution is 7.18. The fourth-order valence-corrected chi connectivity index (χ4v) is 2.96. The van der Waals surface area contributed by atoms with Crippen LogP contribution in [0.25, 0.3) is 0 Å². The second kappa shape index (κ2) is 6.10. The lowest BCUT2D eigenvalue weighted by Crippen LogP contribution is -2.13. The predicted octanol–water partition coefficient (Wildman–Crippen LogP) is 3.55. The molecule has 21 heavy (non-hydrogen) atoms. The Hall–Kier alpha value is -2.14. The number of thiophene rings is 1. The lowest BCUT2D eigenvalue weighted by Gasteiger charge is -2.05.